The highest BCUT2D eigenvalue weighted by atomic mass is 35.5. The predicted molar refractivity (Wildman–Crippen MR) is 123 cm³/mol. The maximum Gasteiger partial charge on any atom is 0.126 e. The average molecular weight is 418 g/mol. The lowest BCUT2D eigenvalue weighted by Gasteiger charge is -2.14. The molecule has 0 atom stereocenters. The van der Waals surface area contributed by atoms with Crippen LogP contribution < -0.4 is 5.32 Å². The van der Waals surface area contributed by atoms with Gasteiger partial charge in [-0.25, -0.2) is 4.98 Å². The second-order valence-corrected chi connectivity index (χ2v) is 8.17. The third kappa shape index (κ3) is 4.04. The standard InChI is InChI=1S/C24H24ClN5/c25-18-8-9-19-20(10-11-26-21(19)14-18)27-15-23-28-22(16-30-12-4-5-13-30)24(29-23)17-6-2-1-3-7-17/h1-3,6-11,14H,4-5,12-13,15-16H2,(H,26,27)(H,28,29). The minimum Gasteiger partial charge on any atom is -0.377 e. The first kappa shape index (κ1) is 19.1. The Balaban J connectivity index is 1.41. The Kier molecular flexibility index (Phi) is 5.39. The minimum absolute atomic E-state index is 0.613. The van der Waals surface area contributed by atoms with Gasteiger partial charge in [0.1, 0.15) is 5.82 Å². The number of aromatic nitrogens is 3. The lowest BCUT2D eigenvalue weighted by Crippen LogP contribution is -2.19. The molecule has 30 heavy (non-hydrogen) atoms. The molecule has 2 aromatic heterocycles. The van der Waals surface area contributed by atoms with E-state index >= 15 is 0 Å². The summed E-state index contributed by atoms with van der Waals surface area (Å²) in [5, 5.41) is 5.26. The van der Waals surface area contributed by atoms with E-state index in [0.717, 1.165) is 53.3 Å². The summed E-state index contributed by atoms with van der Waals surface area (Å²) in [4.78, 5) is 15.4. The lowest BCUT2D eigenvalue weighted by molar-refractivity contribution is 0.328. The van der Waals surface area contributed by atoms with E-state index in [1.165, 1.54) is 18.5 Å². The smallest absolute Gasteiger partial charge is 0.126 e. The molecule has 6 heteroatoms. The van der Waals surface area contributed by atoms with Crippen LogP contribution in [-0.2, 0) is 13.1 Å². The summed E-state index contributed by atoms with van der Waals surface area (Å²) in [5.74, 6) is 0.932. The van der Waals surface area contributed by atoms with E-state index in [1.807, 2.05) is 30.3 Å². The predicted octanol–water partition coefficient (Wildman–Crippen LogP) is 5.49. The summed E-state index contributed by atoms with van der Waals surface area (Å²) in [6, 6.07) is 18.2. The molecular weight excluding hydrogens is 394 g/mol. The van der Waals surface area contributed by atoms with Crippen molar-refractivity contribution in [1.82, 2.24) is 19.9 Å². The number of benzene rings is 2. The third-order valence-electron chi connectivity index (χ3n) is 5.61. The number of imidazole rings is 1. The number of halogens is 1. The topological polar surface area (TPSA) is 56.8 Å². The minimum atomic E-state index is 0.613. The van der Waals surface area contributed by atoms with E-state index in [1.54, 1.807) is 6.20 Å². The fourth-order valence-electron chi connectivity index (χ4n) is 4.12. The molecule has 0 spiro atoms. The zero-order valence-electron chi connectivity index (χ0n) is 16.7. The molecule has 0 unspecified atom stereocenters. The highest BCUT2D eigenvalue weighted by Crippen LogP contribution is 2.27. The number of H-pyrrole nitrogens is 1. The van der Waals surface area contributed by atoms with Crippen molar-refractivity contribution in [3.05, 3.63) is 77.3 Å². The van der Waals surface area contributed by atoms with Crippen molar-refractivity contribution in [1.29, 1.82) is 0 Å². The van der Waals surface area contributed by atoms with Gasteiger partial charge in [-0.05, 0) is 50.2 Å². The fourth-order valence-corrected chi connectivity index (χ4v) is 4.28. The first-order valence-corrected chi connectivity index (χ1v) is 10.8. The van der Waals surface area contributed by atoms with Gasteiger partial charge in [-0.1, -0.05) is 41.9 Å². The SMILES string of the molecule is Clc1ccc2c(NCc3nc(-c4ccccc4)c(CN4CCCC4)[nH]3)ccnc2c1. The van der Waals surface area contributed by atoms with Crippen LogP contribution in [0.2, 0.25) is 5.02 Å². The average Bonchev–Trinajstić information content (AvgIpc) is 3.43. The van der Waals surface area contributed by atoms with Crippen LogP contribution in [0.5, 0.6) is 0 Å². The van der Waals surface area contributed by atoms with Crippen LogP contribution >= 0.6 is 11.6 Å². The summed E-state index contributed by atoms with van der Waals surface area (Å²) in [7, 11) is 0. The highest BCUT2D eigenvalue weighted by Gasteiger charge is 2.18. The maximum absolute atomic E-state index is 6.11. The molecule has 0 amide bonds. The molecule has 2 aromatic carbocycles. The maximum atomic E-state index is 6.11. The third-order valence-corrected chi connectivity index (χ3v) is 5.84. The molecule has 4 aromatic rings. The van der Waals surface area contributed by atoms with Gasteiger partial charge in [0.2, 0.25) is 0 Å². The Morgan fingerprint density at radius 1 is 1.03 bits per heavy atom. The van der Waals surface area contributed by atoms with E-state index < -0.39 is 0 Å². The van der Waals surface area contributed by atoms with Crippen LogP contribution in [-0.4, -0.2) is 32.9 Å². The van der Waals surface area contributed by atoms with Crippen molar-refractivity contribution in [3.8, 4) is 11.3 Å². The summed E-state index contributed by atoms with van der Waals surface area (Å²) in [6.45, 7) is 3.84. The van der Waals surface area contributed by atoms with E-state index in [4.69, 9.17) is 16.6 Å². The Morgan fingerprint density at radius 2 is 1.87 bits per heavy atom. The molecule has 0 aliphatic carbocycles. The van der Waals surface area contributed by atoms with Gasteiger partial charge in [-0.3, -0.25) is 9.88 Å². The number of rotatable bonds is 6. The van der Waals surface area contributed by atoms with Crippen molar-refractivity contribution in [3.63, 3.8) is 0 Å². The van der Waals surface area contributed by atoms with Crippen molar-refractivity contribution < 1.29 is 0 Å². The summed E-state index contributed by atoms with van der Waals surface area (Å²) in [6.07, 6.45) is 4.36. The number of fused-ring (bicyclic) bond motifs is 1. The van der Waals surface area contributed by atoms with Crippen molar-refractivity contribution >= 4 is 28.2 Å². The fraction of sp³-hybridized carbons (Fsp3) is 0.250. The van der Waals surface area contributed by atoms with Crippen LogP contribution in [0.15, 0.2) is 60.8 Å². The zero-order valence-corrected chi connectivity index (χ0v) is 17.5. The van der Waals surface area contributed by atoms with Crippen LogP contribution in [0.1, 0.15) is 24.4 Å². The van der Waals surface area contributed by atoms with E-state index in [0.29, 0.717) is 11.6 Å². The van der Waals surface area contributed by atoms with E-state index in [-0.39, 0.29) is 0 Å². The van der Waals surface area contributed by atoms with E-state index in [9.17, 15) is 0 Å². The molecule has 5 nitrogen and oxygen atoms in total. The molecule has 0 radical (unpaired) electrons. The monoisotopic (exact) mass is 417 g/mol. The van der Waals surface area contributed by atoms with Gasteiger partial charge in [0, 0.05) is 34.4 Å². The second-order valence-electron chi connectivity index (χ2n) is 7.73. The number of aromatic amines is 1. The molecular formula is C24H24ClN5. The van der Waals surface area contributed by atoms with Gasteiger partial charge in [-0.2, -0.15) is 0 Å². The number of hydrogen-bond acceptors (Lipinski definition) is 4. The molecule has 1 aliphatic heterocycles. The summed E-state index contributed by atoms with van der Waals surface area (Å²) in [5.41, 5.74) is 5.29. The quantitative estimate of drug-likeness (QED) is 0.435. The molecule has 1 fully saturated rings. The zero-order chi connectivity index (χ0) is 20.3. The number of anilines is 1. The molecule has 1 saturated heterocycles. The lowest BCUT2D eigenvalue weighted by atomic mass is 10.1. The normalized spacial score (nSPS) is 14.4. The van der Waals surface area contributed by atoms with Crippen LogP contribution in [0.3, 0.4) is 0 Å². The summed E-state index contributed by atoms with van der Waals surface area (Å²) >= 11 is 6.11. The van der Waals surface area contributed by atoms with Crippen LogP contribution in [0.4, 0.5) is 5.69 Å². The van der Waals surface area contributed by atoms with Crippen molar-refractivity contribution in [2.24, 2.45) is 0 Å². The van der Waals surface area contributed by atoms with Gasteiger partial charge in [0.05, 0.1) is 23.4 Å². The number of pyridine rings is 1. The Morgan fingerprint density at radius 3 is 2.70 bits per heavy atom. The molecule has 3 heterocycles. The molecule has 1 aliphatic rings. The number of likely N-dealkylation sites (tertiary alicyclic amines) is 1. The van der Waals surface area contributed by atoms with Gasteiger partial charge in [0.15, 0.2) is 0 Å². The van der Waals surface area contributed by atoms with Crippen LogP contribution in [0.25, 0.3) is 22.2 Å². The Labute approximate surface area is 181 Å². The van der Waals surface area contributed by atoms with Crippen molar-refractivity contribution in [2.45, 2.75) is 25.9 Å². The van der Waals surface area contributed by atoms with E-state index in [2.05, 4.69) is 44.5 Å². The molecule has 152 valence electrons. The van der Waals surface area contributed by atoms with Crippen LogP contribution in [0, 0.1) is 0 Å². The second kappa shape index (κ2) is 8.46. The van der Waals surface area contributed by atoms with Gasteiger partial charge in [-0.15, -0.1) is 0 Å². The summed E-state index contributed by atoms with van der Waals surface area (Å²) < 4.78 is 0. The number of hydrogen-bond donors (Lipinski definition) is 2. The van der Waals surface area contributed by atoms with Gasteiger partial charge in [0.25, 0.3) is 0 Å². The largest absolute Gasteiger partial charge is 0.377 e. The van der Waals surface area contributed by atoms with Gasteiger partial charge < -0.3 is 10.3 Å². The molecule has 5 rings (SSSR count). The Bertz CT molecular complexity index is 1150. The molecule has 0 saturated carbocycles. The highest BCUT2D eigenvalue weighted by molar-refractivity contribution is 6.31. The first-order chi connectivity index (χ1) is 14.8. The molecule has 0 bridgehead atoms. The van der Waals surface area contributed by atoms with Crippen molar-refractivity contribution in [2.75, 3.05) is 18.4 Å². The molecule has 2 N–H and O–H groups in total. The Hall–Kier alpha value is -2.89. The first-order valence-electron chi connectivity index (χ1n) is 10.4. The number of nitrogens with one attached hydrogen (secondary N) is 2. The van der Waals surface area contributed by atoms with Gasteiger partial charge >= 0.3 is 0 Å². The number of nitrogens with zero attached hydrogens (tertiary/aromatic N) is 3.